The van der Waals surface area contributed by atoms with E-state index < -0.39 is 0 Å². The first-order valence-electron chi connectivity index (χ1n) is 8.52. The summed E-state index contributed by atoms with van der Waals surface area (Å²) in [7, 11) is 0. The van der Waals surface area contributed by atoms with E-state index in [4.69, 9.17) is 4.52 Å². The molecule has 1 aliphatic carbocycles. The standard InChI is InChI=1S/C17H21N5O2/c1-11-2-5-16(20-19-11)18-13-6-8-22(9-7-13)17(23)14-10-15(24-21-14)12-3-4-12/h2,5,10,12-13H,3-4,6-9H2,1H3,(H,18,20). The summed E-state index contributed by atoms with van der Waals surface area (Å²) in [4.78, 5) is 14.4. The highest BCUT2D eigenvalue weighted by Crippen LogP contribution is 2.40. The third-order valence-corrected chi connectivity index (χ3v) is 4.66. The van der Waals surface area contributed by atoms with Gasteiger partial charge in [0.25, 0.3) is 5.91 Å². The smallest absolute Gasteiger partial charge is 0.276 e. The normalized spacial score (nSPS) is 18.6. The van der Waals surface area contributed by atoms with E-state index in [-0.39, 0.29) is 5.91 Å². The van der Waals surface area contributed by atoms with Crippen LogP contribution in [0.25, 0.3) is 0 Å². The maximum Gasteiger partial charge on any atom is 0.276 e. The van der Waals surface area contributed by atoms with Crippen LogP contribution in [0.5, 0.6) is 0 Å². The molecule has 1 aliphatic heterocycles. The van der Waals surface area contributed by atoms with Crippen LogP contribution >= 0.6 is 0 Å². The van der Waals surface area contributed by atoms with Crippen molar-refractivity contribution in [2.24, 2.45) is 0 Å². The zero-order valence-corrected chi connectivity index (χ0v) is 13.7. The SMILES string of the molecule is Cc1ccc(NC2CCN(C(=O)c3cc(C4CC4)on3)CC2)nn1. The molecule has 0 atom stereocenters. The van der Waals surface area contributed by atoms with E-state index in [1.54, 1.807) is 0 Å². The van der Waals surface area contributed by atoms with Crippen LogP contribution in [0.3, 0.4) is 0 Å². The Morgan fingerprint density at radius 3 is 2.67 bits per heavy atom. The second-order valence-corrected chi connectivity index (χ2v) is 6.66. The first-order valence-corrected chi connectivity index (χ1v) is 8.52. The summed E-state index contributed by atoms with van der Waals surface area (Å²) in [6.45, 7) is 3.34. The molecule has 0 spiro atoms. The number of rotatable bonds is 4. The Morgan fingerprint density at radius 2 is 2.00 bits per heavy atom. The molecule has 2 aliphatic rings. The van der Waals surface area contributed by atoms with Crippen LogP contribution in [-0.4, -0.2) is 45.3 Å². The molecule has 3 heterocycles. The number of likely N-dealkylation sites (tertiary alicyclic amines) is 1. The number of nitrogens with zero attached hydrogens (tertiary/aromatic N) is 4. The minimum absolute atomic E-state index is 0.0285. The summed E-state index contributed by atoms with van der Waals surface area (Å²) in [6, 6.07) is 6.00. The van der Waals surface area contributed by atoms with Crippen molar-refractivity contribution in [3.63, 3.8) is 0 Å². The lowest BCUT2D eigenvalue weighted by Crippen LogP contribution is -2.42. The van der Waals surface area contributed by atoms with E-state index in [9.17, 15) is 4.79 Å². The van der Waals surface area contributed by atoms with Gasteiger partial charge in [-0.3, -0.25) is 4.79 Å². The molecule has 0 radical (unpaired) electrons. The largest absolute Gasteiger partial charge is 0.366 e. The third-order valence-electron chi connectivity index (χ3n) is 4.66. The molecule has 2 aromatic rings. The van der Waals surface area contributed by atoms with Gasteiger partial charge in [-0.05, 0) is 44.7 Å². The van der Waals surface area contributed by atoms with Crippen LogP contribution in [0.4, 0.5) is 5.82 Å². The van der Waals surface area contributed by atoms with E-state index >= 15 is 0 Å². The number of anilines is 1. The van der Waals surface area contributed by atoms with Crippen molar-refractivity contribution in [3.8, 4) is 0 Å². The number of carbonyl (C=O) groups is 1. The number of aryl methyl sites for hydroxylation is 1. The van der Waals surface area contributed by atoms with Crippen molar-refractivity contribution in [2.45, 2.75) is 44.6 Å². The average Bonchev–Trinajstić information content (AvgIpc) is 3.34. The zero-order chi connectivity index (χ0) is 16.5. The van der Waals surface area contributed by atoms with Gasteiger partial charge in [-0.25, -0.2) is 0 Å². The maximum atomic E-state index is 12.5. The minimum atomic E-state index is -0.0285. The van der Waals surface area contributed by atoms with Crippen molar-refractivity contribution in [2.75, 3.05) is 18.4 Å². The average molecular weight is 327 g/mol. The van der Waals surface area contributed by atoms with Gasteiger partial charge < -0.3 is 14.7 Å². The molecule has 2 aromatic heterocycles. The second kappa shape index (κ2) is 6.22. The Bertz CT molecular complexity index is 715. The van der Waals surface area contributed by atoms with Crippen molar-refractivity contribution in [1.29, 1.82) is 0 Å². The highest BCUT2D eigenvalue weighted by Gasteiger charge is 2.31. The molecule has 126 valence electrons. The second-order valence-electron chi connectivity index (χ2n) is 6.66. The van der Waals surface area contributed by atoms with Crippen LogP contribution in [0, 0.1) is 6.92 Å². The van der Waals surface area contributed by atoms with Gasteiger partial charge in [0.05, 0.1) is 5.69 Å². The number of aromatic nitrogens is 3. The van der Waals surface area contributed by atoms with E-state index in [0.717, 1.165) is 43.0 Å². The summed E-state index contributed by atoms with van der Waals surface area (Å²) in [5.41, 5.74) is 1.34. The van der Waals surface area contributed by atoms with Crippen molar-refractivity contribution < 1.29 is 9.32 Å². The van der Waals surface area contributed by atoms with Gasteiger partial charge in [-0.15, -0.1) is 5.10 Å². The van der Waals surface area contributed by atoms with Gasteiger partial charge in [0.1, 0.15) is 11.6 Å². The first-order chi connectivity index (χ1) is 11.7. The summed E-state index contributed by atoms with van der Waals surface area (Å²) in [5, 5.41) is 15.5. The molecular formula is C17H21N5O2. The van der Waals surface area contributed by atoms with Crippen molar-refractivity contribution >= 4 is 11.7 Å². The molecule has 0 aromatic carbocycles. The third kappa shape index (κ3) is 3.25. The van der Waals surface area contributed by atoms with Gasteiger partial charge in [-0.1, -0.05) is 5.16 Å². The molecule has 4 rings (SSSR count). The van der Waals surface area contributed by atoms with Crippen LogP contribution in [0.15, 0.2) is 22.7 Å². The van der Waals surface area contributed by atoms with Gasteiger partial charge in [0, 0.05) is 31.1 Å². The molecule has 24 heavy (non-hydrogen) atoms. The highest BCUT2D eigenvalue weighted by atomic mass is 16.5. The number of piperidine rings is 1. The summed E-state index contributed by atoms with van der Waals surface area (Å²) in [5.74, 6) is 2.09. The summed E-state index contributed by atoms with van der Waals surface area (Å²) < 4.78 is 5.29. The van der Waals surface area contributed by atoms with Gasteiger partial charge >= 0.3 is 0 Å². The molecule has 1 amide bonds. The van der Waals surface area contributed by atoms with Crippen molar-refractivity contribution in [1.82, 2.24) is 20.3 Å². The van der Waals surface area contributed by atoms with Crippen LogP contribution in [0.1, 0.15) is 53.5 Å². The number of carbonyl (C=O) groups excluding carboxylic acids is 1. The number of hydrogen-bond donors (Lipinski definition) is 1. The molecule has 1 N–H and O–H groups in total. The molecule has 2 fully saturated rings. The summed E-state index contributed by atoms with van der Waals surface area (Å²) >= 11 is 0. The quantitative estimate of drug-likeness (QED) is 0.928. The van der Waals surface area contributed by atoms with E-state index in [1.807, 2.05) is 30.0 Å². The van der Waals surface area contributed by atoms with E-state index in [0.29, 0.717) is 30.7 Å². The van der Waals surface area contributed by atoms with Crippen LogP contribution < -0.4 is 5.32 Å². The predicted octanol–water partition coefficient (Wildman–Crippen LogP) is 2.37. The Balaban J connectivity index is 1.31. The maximum absolute atomic E-state index is 12.5. The fourth-order valence-electron chi connectivity index (χ4n) is 3.02. The molecule has 7 nitrogen and oxygen atoms in total. The molecule has 0 bridgehead atoms. The fraction of sp³-hybridized carbons (Fsp3) is 0.529. The number of hydrogen-bond acceptors (Lipinski definition) is 6. The fourth-order valence-corrected chi connectivity index (χ4v) is 3.02. The molecule has 1 saturated carbocycles. The number of amides is 1. The van der Waals surface area contributed by atoms with Crippen molar-refractivity contribution in [3.05, 3.63) is 35.3 Å². The van der Waals surface area contributed by atoms with Gasteiger partial charge in [-0.2, -0.15) is 5.10 Å². The lowest BCUT2D eigenvalue weighted by molar-refractivity contribution is 0.0708. The molecule has 7 heteroatoms. The van der Waals surface area contributed by atoms with Gasteiger partial charge in [0.2, 0.25) is 0 Å². The number of nitrogens with one attached hydrogen (secondary N) is 1. The van der Waals surface area contributed by atoms with Gasteiger partial charge in [0.15, 0.2) is 5.69 Å². The highest BCUT2D eigenvalue weighted by molar-refractivity contribution is 5.92. The van der Waals surface area contributed by atoms with E-state index in [2.05, 4.69) is 20.7 Å². The Kier molecular flexibility index (Phi) is 3.92. The minimum Gasteiger partial charge on any atom is -0.366 e. The van der Waals surface area contributed by atoms with E-state index in [1.165, 1.54) is 0 Å². The summed E-state index contributed by atoms with van der Waals surface area (Å²) in [6.07, 6.45) is 4.05. The van der Waals surface area contributed by atoms with Crippen LogP contribution in [-0.2, 0) is 0 Å². The molecule has 1 saturated heterocycles. The topological polar surface area (TPSA) is 84.2 Å². The monoisotopic (exact) mass is 327 g/mol. The molecule has 0 unspecified atom stereocenters. The van der Waals surface area contributed by atoms with Crippen LogP contribution in [0.2, 0.25) is 0 Å². The molecular weight excluding hydrogens is 306 g/mol. The lowest BCUT2D eigenvalue weighted by atomic mass is 10.0. The first kappa shape index (κ1) is 15.1. The predicted molar refractivity (Wildman–Crippen MR) is 87.8 cm³/mol. The lowest BCUT2D eigenvalue weighted by Gasteiger charge is -2.32. The Hall–Kier alpha value is -2.44. The Labute approximate surface area is 140 Å². The Morgan fingerprint density at radius 1 is 1.21 bits per heavy atom. The zero-order valence-electron chi connectivity index (χ0n) is 13.7.